The molecule has 2 aromatic heterocycles. The number of H-pyrrole nitrogens is 2. The summed E-state index contributed by atoms with van der Waals surface area (Å²) in [7, 11) is 2.45. The van der Waals surface area contributed by atoms with Crippen LogP contribution in [0, 0.1) is 5.92 Å². The number of fused-ring (bicyclic) bond motifs is 1. The van der Waals surface area contributed by atoms with Crippen molar-refractivity contribution in [3.05, 3.63) is 114 Å². The van der Waals surface area contributed by atoms with E-state index in [0.717, 1.165) is 50.9 Å². The fourth-order valence-corrected chi connectivity index (χ4v) is 9.29. The largest absolute Gasteiger partial charge is 0.453 e. The van der Waals surface area contributed by atoms with Crippen LogP contribution in [0.5, 0.6) is 0 Å². The van der Waals surface area contributed by atoms with Crippen LogP contribution in [0.1, 0.15) is 67.4 Å². The summed E-state index contributed by atoms with van der Waals surface area (Å²) in [4.78, 5) is 68.0. The Morgan fingerprint density at radius 3 is 2.17 bits per heavy atom. The molecule has 342 valence electrons. The molecule has 66 heavy (non-hydrogen) atoms. The average molecular weight is 902 g/mol. The molecule has 3 saturated heterocycles. The van der Waals surface area contributed by atoms with E-state index < -0.39 is 55.1 Å². The second-order valence-corrected chi connectivity index (χ2v) is 16.9. The highest BCUT2D eigenvalue weighted by Crippen LogP contribution is 2.42. The summed E-state index contributed by atoms with van der Waals surface area (Å²) in [5.74, 6) is -3.27. The van der Waals surface area contributed by atoms with Crippen LogP contribution in [0.25, 0.3) is 44.5 Å². The summed E-state index contributed by atoms with van der Waals surface area (Å²) in [6, 6.07) is 25.7. The molecular formula is C48H49F2N9O7. The number of nitrogens with one attached hydrogen (secondary N) is 4. The van der Waals surface area contributed by atoms with Crippen molar-refractivity contribution in [2.75, 3.05) is 40.5 Å². The number of aromatic nitrogens is 5. The number of hydrogen-bond donors (Lipinski definition) is 4. The van der Waals surface area contributed by atoms with Crippen LogP contribution in [0.3, 0.4) is 0 Å². The number of alkyl carbamates (subject to hydrolysis) is 2. The molecule has 3 aliphatic rings. The molecule has 3 fully saturated rings. The Hall–Kier alpha value is -7.21. The van der Waals surface area contributed by atoms with Gasteiger partial charge < -0.3 is 39.6 Å². The Balaban J connectivity index is 0.882. The van der Waals surface area contributed by atoms with Crippen molar-refractivity contribution >= 4 is 34.8 Å². The number of rotatable bonds is 11. The maximum Gasteiger partial charge on any atom is 0.407 e. The summed E-state index contributed by atoms with van der Waals surface area (Å²) in [5, 5.41) is 14.5. The van der Waals surface area contributed by atoms with Crippen molar-refractivity contribution in [1.29, 1.82) is 0 Å². The Bertz CT molecular complexity index is 2720. The first kappa shape index (κ1) is 44.0. The maximum absolute atomic E-state index is 15.0. The molecule has 6 aromatic rings. The summed E-state index contributed by atoms with van der Waals surface area (Å²) in [6.45, 7) is 0.489. The first-order valence-corrected chi connectivity index (χ1v) is 21.9. The van der Waals surface area contributed by atoms with Crippen LogP contribution in [0.2, 0.25) is 0 Å². The van der Waals surface area contributed by atoms with Gasteiger partial charge in [0.2, 0.25) is 5.91 Å². The van der Waals surface area contributed by atoms with Gasteiger partial charge >= 0.3 is 12.2 Å². The van der Waals surface area contributed by atoms with Gasteiger partial charge in [0.05, 0.1) is 44.7 Å². The molecule has 16 nitrogen and oxygen atoms in total. The molecule has 1 unspecified atom stereocenters. The minimum Gasteiger partial charge on any atom is -0.453 e. The standard InChI is InChI=1S/C48H49F2N9O7/c1-64-46(62)53-39(29-7-4-3-5-8-29)44(60)58-20-6-9-37(58)42-51-26-36(52-42)35-17-16-33-23-32(14-15-34(33)24-35)28-10-12-31(13-11-28)41-55-43(57-56-41)38-25-48(49,50)27-59(38)45(61)40(54-47(63)65-2)30-18-21-66-22-19-30/h3-5,7-8,10-17,23-24,26,30,37-40H,6,9,18-22,25,27H2,1-2H3,(H,51,52)(H,53,62)(H,54,63)(H,55,56,57)/t37-,38?,39+,40-/m0/s1. The third-order valence-electron chi connectivity index (χ3n) is 12.7. The van der Waals surface area contributed by atoms with Crippen molar-refractivity contribution < 1.29 is 42.2 Å². The van der Waals surface area contributed by atoms with Crippen molar-refractivity contribution in [2.45, 2.75) is 62.2 Å². The predicted octanol–water partition coefficient (Wildman–Crippen LogP) is 7.50. The molecule has 0 radical (unpaired) electrons. The molecule has 0 spiro atoms. The number of alkyl halides is 2. The lowest BCUT2D eigenvalue weighted by Gasteiger charge is -2.33. The first-order chi connectivity index (χ1) is 32.0. The zero-order valence-electron chi connectivity index (χ0n) is 36.3. The quantitative estimate of drug-likeness (QED) is 0.101. The van der Waals surface area contributed by atoms with Gasteiger partial charge in [-0.2, -0.15) is 5.10 Å². The van der Waals surface area contributed by atoms with Crippen LogP contribution in [0.15, 0.2) is 97.2 Å². The molecule has 4 N–H and O–H groups in total. The number of carbonyl (C=O) groups is 4. The minimum atomic E-state index is -3.17. The van der Waals surface area contributed by atoms with Gasteiger partial charge in [-0.15, -0.1) is 0 Å². The van der Waals surface area contributed by atoms with E-state index in [1.54, 1.807) is 23.2 Å². The molecule has 4 aromatic carbocycles. The molecule has 0 aliphatic carbocycles. The molecule has 4 amide bonds. The van der Waals surface area contributed by atoms with Gasteiger partial charge in [-0.1, -0.05) is 78.9 Å². The van der Waals surface area contributed by atoms with E-state index in [-0.39, 0.29) is 23.7 Å². The van der Waals surface area contributed by atoms with Gasteiger partial charge in [0.15, 0.2) is 5.82 Å². The number of imidazole rings is 1. The minimum absolute atomic E-state index is 0.126. The zero-order chi connectivity index (χ0) is 46.0. The van der Waals surface area contributed by atoms with Crippen LogP contribution >= 0.6 is 0 Å². The lowest BCUT2D eigenvalue weighted by atomic mass is 9.90. The Labute approximate surface area is 378 Å². The number of carbonyl (C=O) groups excluding carboxylic acids is 4. The topological polar surface area (TPSA) is 197 Å². The normalized spacial score (nSPS) is 19.3. The van der Waals surface area contributed by atoms with E-state index in [0.29, 0.717) is 55.4 Å². The van der Waals surface area contributed by atoms with Gasteiger partial charge in [0.25, 0.3) is 11.8 Å². The summed E-state index contributed by atoms with van der Waals surface area (Å²) in [5.41, 5.74) is 4.97. The summed E-state index contributed by atoms with van der Waals surface area (Å²) < 4.78 is 45.1. The smallest absolute Gasteiger partial charge is 0.407 e. The first-order valence-electron chi connectivity index (χ1n) is 21.9. The van der Waals surface area contributed by atoms with Crippen LogP contribution < -0.4 is 10.6 Å². The number of benzene rings is 4. The van der Waals surface area contributed by atoms with Crippen LogP contribution in [-0.4, -0.2) is 111 Å². The molecule has 0 bridgehead atoms. The fourth-order valence-electron chi connectivity index (χ4n) is 9.29. The zero-order valence-corrected chi connectivity index (χ0v) is 36.3. The molecule has 9 rings (SSSR count). The van der Waals surface area contributed by atoms with Crippen LogP contribution in [0.4, 0.5) is 18.4 Å². The van der Waals surface area contributed by atoms with Gasteiger partial charge in [-0.25, -0.2) is 28.3 Å². The number of nitrogens with zero attached hydrogens (tertiary/aromatic N) is 5. The van der Waals surface area contributed by atoms with E-state index >= 15 is 8.78 Å². The molecule has 4 atom stereocenters. The SMILES string of the molecule is COC(=O)N[C@H](C(=O)N1CC(F)(F)CC1c1nc(-c2ccc(-c3ccc4cc(-c5cnc([C@@H]6CCCN6C(=O)[C@H](NC(=O)OC)c6ccccc6)[nH]5)ccc4c3)cc2)n[nH]1)C1CCOCC1. The highest BCUT2D eigenvalue weighted by Gasteiger charge is 2.51. The number of amides is 4. The number of hydrogen-bond acceptors (Lipinski definition) is 10. The van der Waals surface area contributed by atoms with Crippen molar-refractivity contribution in [2.24, 2.45) is 5.92 Å². The second-order valence-electron chi connectivity index (χ2n) is 16.9. The van der Waals surface area contributed by atoms with Gasteiger partial charge in [-0.05, 0) is 71.2 Å². The van der Waals surface area contributed by atoms with Crippen LogP contribution in [-0.2, 0) is 23.8 Å². The van der Waals surface area contributed by atoms with Gasteiger partial charge in [0, 0.05) is 37.3 Å². The summed E-state index contributed by atoms with van der Waals surface area (Å²) in [6.07, 6.45) is 2.10. The third kappa shape index (κ3) is 9.18. The average Bonchev–Trinajstić information content (AvgIpc) is 4.19. The number of ether oxygens (including phenoxy) is 3. The summed E-state index contributed by atoms with van der Waals surface area (Å²) >= 11 is 0. The van der Waals surface area contributed by atoms with E-state index in [1.807, 2.05) is 66.7 Å². The van der Waals surface area contributed by atoms with Crippen molar-refractivity contribution in [1.82, 2.24) is 45.6 Å². The fraction of sp³-hybridized carbons (Fsp3) is 0.354. The number of halogens is 2. The second kappa shape index (κ2) is 18.7. The lowest BCUT2D eigenvalue weighted by Crippen LogP contribution is -2.53. The third-order valence-corrected chi connectivity index (χ3v) is 12.7. The number of aromatic amines is 2. The monoisotopic (exact) mass is 901 g/mol. The van der Waals surface area contributed by atoms with E-state index in [9.17, 15) is 19.2 Å². The highest BCUT2D eigenvalue weighted by atomic mass is 19.3. The molecular weight excluding hydrogens is 853 g/mol. The van der Waals surface area contributed by atoms with Gasteiger partial charge in [0.1, 0.15) is 23.7 Å². The van der Waals surface area contributed by atoms with E-state index in [1.165, 1.54) is 14.2 Å². The van der Waals surface area contributed by atoms with Gasteiger partial charge in [-0.3, -0.25) is 14.7 Å². The molecule has 3 aliphatic heterocycles. The highest BCUT2D eigenvalue weighted by molar-refractivity contribution is 5.91. The predicted molar refractivity (Wildman–Crippen MR) is 238 cm³/mol. The molecule has 0 saturated carbocycles. The Kier molecular flexibility index (Phi) is 12.5. The molecule has 18 heteroatoms. The number of likely N-dealkylation sites (tertiary alicyclic amines) is 2. The lowest BCUT2D eigenvalue weighted by molar-refractivity contribution is -0.138. The van der Waals surface area contributed by atoms with E-state index in [2.05, 4.69) is 42.9 Å². The maximum atomic E-state index is 15.0. The Morgan fingerprint density at radius 1 is 0.773 bits per heavy atom. The van der Waals surface area contributed by atoms with Crippen molar-refractivity contribution in [3.63, 3.8) is 0 Å². The van der Waals surface area contributed by atoms with Crippen molar-refractivity contribution in [3.8, 4) is 33.8 Å². The Morgan fingerprint density at radius 2 is 1.44 bits per heavy atom. The number of methoxy groups -OCH3 is 2. The van der Waals surface area contributed by atoms with E-state index in [4.69, 9.17) is 19.2 Å². The molecule has 5 heterocycles.